The number of rotatable bonds is 0. The third kappa shape index (κ3) is 0.893. The van der Waals surface area contributed by atoms with Crippen LogP contribution in [-0.2, 0) is 0 Å². The summed E-state index contributed by atoms with van der Waals surface area (Å²) in [6.07, 6.45) is 1.32. The van der Waals surface area contributed by atoms with E-state index in [4.69, 9.17) is 0 Å². The fraction of sp³-hybridized carbons (Fsp3) is 0. The summed E-state index contributed by atoms with van der Waals surface area (Å²) >= 11 is 0. The zero-order valence-electron chi connectivity index (χ0n) is 7.27. The number of aliphatic imine (C=N–C) groups is 1. The van der Waals surface area contributed by atoms with Crippen molar-refractivity contribution in [3.05, 3.63) is 36.0 Å². The maximum absolute atomic E-state index is 11.3. The lowest BCUT2D eigenvalue weighted by molar-refractivity contribution is 0.107. The molecule has 0 radical (unpaired) electrons. The second-order valence-corrected chi connectivity index (χ2v) is 3.17. The van der Waals surface area contributed by atoms with Gasteiger partial charge in [-0.15, -0.1) is 0 Å². The number of Topliss-reactive ketones (excluding diaryl/α,β-unsaturated/α-hetero) is 1. The molecule has 0 saturated heterocycles. The smallest absolute Gasteiger partial charge is 0.224 e. The maximum Gasteiger partial charge on any atom is 0.224 e. The molecule has 0 amide bonds. The average molecular weight is 182 g/mol. The van der Waals surface area contributed by atoms with Crippen LogP contribution in [0.2, 0.25) is 0 Å². The summed E-state index contributed by atoms with van der Waals surface area (Å²) in [5, 5.41) is 1.01. The zero-order valence-corrected chi connectivity index (χ0v) is 7.27. The van der Waals surface area contributed by atoms with Gasteiger partial charge in [0.1, 0.15) is 5.69 Å². The Morgan fingerprint density at radius 1 is 1.14 bits per heavy atom. The molecular weight excluding hydrogens is 176 g/mol. The van der Waals surface area contributed by atoms with Crippen molar-refractivity contribution in [2.45, 2.75) is 0 Å². The van der Waals surface area contributed by atoms with Gasteiger partial charge in [0.2, 0.25) is 5.78 Å². The molecule has 1 aromatic carbocycles. The molecule has 0 unspecified atom stereocenters. The van der Waals surface area contributed by atoms with E-state index in [0.717, 1.165) is 10.9 Å². The predicted octanol–water partition coefficient (Wildman–Crippen LogP) is 2.13. The molecule has 3 nitrogen and oxygen atoms in total. The quantitative estimate of drug-likeness (QED) is 0.626. The molecule has 0 saturated carbocycles. The fourth-order valence-electron chi connectivity index (χ4n) is 1.57. The van der Waals surface area contributed by atoms with Crippen LogP contribution in [0.4, 0.5) is 5.69 Å². The number of carbonyl (C=O) groups excluding carboxylic acids is 1. The van der Waals surface area contributed by atoms with E-state index < -0.39 is 0 Å². The standard InChI is InChI=1S/C11H6N2O/c14-10-6-12-9-5-7-3-1-2-4-8(7)13-11(9)10/h1-6H. The zero-order chi connectivity index (χ0) is 9.54. The van der Waals surface area contributed by atoms with Gasteiger partial charge in [-0.1, -0.05) is 18.2 Å². The SMILES string of the molecule is O=C1C=Nc2cc3ccccc3nc21. The third-order valence-electron chi connectivity index (χ3n) is 2.26. The monoisotopic (exact) mass is 182 g/mol. The Morgan fingerprint density at radius 2 is 2.00 bits per heavy atom. The largest absolute Gasteiger partial charge is 0.286 e. The number of benzene rings is 1. The highest BCUT2D eigenvalue weighted by molar-refractivity contribution is 6.39. The van der Waals surface area contributed by atoms with Crippen LogP contribution in [-0.4, -0.2) is 17.0 Å². The molecule has 0 bridgehead atoms. The summed E-state index contributed by atoms with van der Waals surface area (Å²) in [6.45, 7) is 0. The Labute approximate surface area is 80.1 Å². The maximum atomic E-state index is 11.3. The first-order chi connectivity index (χ1) is 6.84. The van der Waals surface area contributed by atoms with Crippen molar-refractivity contribution in [2.75, 3.05) is 0 Å². The lowest BCUT2D eigenvalue weighted by Crippen LogP contribution is -1.97. The highest BCUT2D eigenvalue weighted by Crippen LogP contribution is 2.26. The number of para-hydroxylation sites is 1. The first-order valence-electron chi connectivity index (χ1n) is 4.33. The molecule has 14 heavy (non-hydrogen) atoms. The molecule has 2 heterocycles. The van der Waals surface area contributed by atoms with Crippen molar-refractivity contribution in [1.29, 1.82) is 0 Å². The van der Waals surface area contributed by atoms with E-state index >= 15 is 0 Å². The number of fused-ring (bicyclic) bond motifs is 2. The van der Waals surface area contributed by atoms with Gasteiger partial charge in [0.25, 0.3) is 0 Å². The Hall–Kier alpha value is -2.03. The van der Waals surface area contributed by atoms with Gasteiger partial charge < -0.3 is 0 Å². The Bertz CT molecular complexity index is 573. The molecule has 1 aliphatic rings. The van der Waals surface area contributed by atoms with Crippen molar-refractivity contribution < 1.29 is 4.79 Å². The summed E-state index contributed by atoms with van der Waals surface area (Å²) < 4.78 is 0. The predicted molar refractivity (Wildman–Crippen MR) is 54.2 cm³/mol. The van der Waals surface area contributed by atoms with Crippen molar-refractivity contribution >= 4 is 28.6 Å². The topological polar surface area (TPSA) is 42.3 Å². The van der Waals surface area contributed by atoms with E-state index in [1.165, 1.54) is 6.21 Å². The number of hydrogen-bond acceptors (Lipinski definition) is 3. The van der Waals surface area contributed by atoms with E-state index in [2.05, 4.69) is 9.98 Å². The summed E-state index contributed by atoms with van der Waals surface area (Å²) in [7, 11) is 0. The third-order valence-corrected chi connectivity index (χ3v) is 2.26. The van der Waals surface area contributed by atoms with Crippen molar-refractivity contribution in [2.24, 2.45) is 4.99 Å². The van der Waals surface area contributed by atoms with Gasteiger partial charge in [-0.3, -0.25) is 9.79 Å². The Morgan fingerprint density at radius 3 is 2.93 bits per heavy atom. The fourth-order valence-corrected chi connectivity index (χ4v) is 1.57. The van der Waals surface area contributed by atoms with Crippen molar-refractivity contribution in [1.82, 2.24) is 4.98 Å². The number of ketones is 1. The normalized spacial score (nSPS) is 13.6. The molecule has 0 fully saturated rings. The van der Waals surface area contributed by atoms with Gasteiger partial charge >= 0.3 is 0 Å². The molecule has 0 aliphatic carbocycles. The first-order valence-corrected chi connectivity index (χ1v) is 4.33. The summed E-state index contributed by atoms with van der Waals surface area (Å²) in [5.41, 5.74) is 1.97. The molecule has 1 aromatic heterocycles. The van der Waals surface area contributed by atoms with Gasteiger partial charge in [-0.2, -0.15) is 0 Å². The molecule has 3 rings (SSSR count). The summed E-state index contributed by atoms with van der Waals surface area (Å²) in [5.74, 6) is -0.106. The van der Waals surface area contributed by atoms with Gasteiger partial charge in [0, 0.05) is 5.39 Å². The van der Waals surface area contributed by atoms with E-state index in [0.29, 0.717) is 11.4 Å². The molecule has 0 atom stereocenters. The molecule has 1 aliphatic heterocycles. The number of pyridine rings is 1. The van der Waals surface area contributed by atoms with Gasteiger partial charge in [-0.25, -0.2) is 4.98 Å². The van der Waals surface area contributed by atoms with Gasteiger partial charge in [0.15, 0.2) is 0 Å². The van der Waals surface area contributed by atoms with Crippen LogP contribution in [0.1, 0.15) is 10.5 Å². The highest BCUT2D eigenvalue weighted by Gasteiger charge is 2.17. The first kappa shape index (κ1) is 7.38. The van der Waals surface area contributed by atoms with Crippen LogP contribution in [0.25, 0.3) is 10.9 Å². The highest BCUT2D eigenvalue weighted by atomic mass is 16.1. The van der Waals surface area contributed by atoms with Crippen LogP contribution >= 0.6 is 0 Å². The Kier molecular flexibility index (Phi) is 1.31. The molecule has 66 valence electrons. The van der Waals surface area contributed by atoms with Crippen LogP contribution in [0.15, 0.2) is 35.3 Å². The summed E-state index contributed by atoms with van der Waals surface area (Å²) in [6, 6.07) is 9.58. The van der Waals surface area contributed by atoms with Gasteiger partial charge in [0.05, 0.1) is 17.4 Å². The van der Waals surface area contributed by atoms with Crippen LogP contribution in [0, 0.1) is 0 Å². The molecule has 0 spiro atoms. The molecular formula is C11H6N2O. The van der Waals surface area contributed by atoms with Crippen LogP contribution < -0.4 is 0 Å². The minimum atomic E-state index is -0.106. The van der Waals surface area contributed by atoms with Crippen molar-refractivity contribution in [3.8, 4) is 0 Å². The second-order valence-electron chi connectivity index (χ2n) is 3.17. The number of aromatic nitrogens is 1. The van der Waals surface area contributed by atoms with E-state index in [1.54, 1.807) is 0 Å². The number of hydrogen-bond donors (Lipinski definition) is 0. The summed E-state index contributed by atoms with van der Waals surface area (Å²) in [4.78, 5) is 19.6. The average Bonchev–Trinajstić information content (AvgIpc) is 2.57. The van der Waals surface area contributed by atoms with E-state index in [1.807, 2.05) is 30.3 Å². The van der Waals surface area contributed by atoms with Crippen LogP contribution in [0.3, 0.4) is 0 Å². The lowest BCUT2D eigenvalue weighted by atomic mass is 10.1. The molecule has 3 heteroatoms. The number of nitrogens with zero attached hydrogens (tertiary/aromatic N) is 2. The van der Waals surface area contributed by atoms with Gasteiger partial charge in [-0.05, 0) is 12.1 Å². The minimum Gasteiger partial charge on any atom is -0.286 e. The number of carbonyl (C=O) groups is 1. The molecule has 0 N–H and O–H groups in total. The second kappa shape index (κ2) is 2.48. The van der Waals surface area contributed by atoms with Crippen molar-refractivity contribution in [3.63, 3.8) is 0 Å². The Balaban J connectivity index is 2.42. The van der Waals surface area contributed by atoms with E-state index in [-0.39, 0.29) is 5.78 Å². The van der Waals surface area contributed by atoms with E-state index in [9.17, 15) is 4.79 Å². The molecule has 2 aromatic rings. The lowest BCUT2D eigenvalue weighted by Gasteiger charge is -1.99. The minimum absolute atomic E-state index is 0.106. The van der Waals surface area contributed by atoms with Crippen LogP contribution in [0.5, 0.6) is 0 Å².